The zero-order valence-corrected chi connectivity index (χ0v) is 21.7. The largest absolute Gasteiger partial charge is 0.356 e. The number of likely N-dealkylation sites (tertiary alicyclic amines) is 1. The van der Waals surface area contributed by atoms with E-state index in [9.17, 15) is 0 Å². The van der Waals surface area contributed by atoms with Crippen LogP contribution in [0.15, 0.2) is 22.5 Å². The fourth-order valence-electron chi connectivity index (χ4n) is 3.50. The summed E-state index contributed by atoms with van der Waals surface area (Å²) < 4.78 is 0. The number of rotatable bonds is 8. The molecule has 3 heterocycles. The van der Waals surface area contributed by atoms with Crippen LogP contribution in [0.1, 0.15) is 47.1 Å². The molecule has 0 aromatic carbocycles. The second-order valence-corrected chi connectivity index (χ2v) is 9.53. The van der Waals surface area contributed by atoms with Gasteiger partial charge in [-0.25, -0.2) is 4.98 Å². The first-order valence-corrected chi connectivity index (χ1v) is 12.1. The number of aryl methyl sites for hydroxylation is 2. The highest BCUT2D eigenvalue weighted by Gasteiger charge is 2.20. The molecule has 0 bridgehead atoms. The van der Waals surface area contributed by atoms with Crippen molar-refractivity contribution in [2.45, 2.75) is 52.6 Å². The molecule has 0 aliphatic carbocycles. The normalized spacial score (nSPS) is 15.9. The molecule has 0 saturated carbocycles. The molecule has 0 amide bonds. The van der Waals surface area contributed by atoms with Gasteiger partial charge in [-0.2, -0.15) is 0 Å². The van der Waals surface area contributed by atoms with Gasteiger partial charge in [0.25, 0.3) is 0 Å². The lowest BCUT2D eigenvalue weighted by Gasteiger charge is -2.31. The van der Waals surface area contributed by atoms with E-state index in [4.69, 9.17) is 4.98 Å². The molecule has 3 rings (SSSR count). The number of halogens is 1. The summed E-state index contributed by atoms with van der Waals surface area (Å²) in [5.74, 6) is 1.62. The van der Waals surface area contributed by atoms with Crippen molar-refractivity contribution in [1.82, 2.24) is 20.5 Å². The van der Waals surface area contributed by atoms with Crippen molar-refractivity contribution in [2.75, 3.05) is 26.7 Å². The van der Waals surface area contributed by atoms with Crippen LogP contribution < -0.4 is 10.6 Å². The Labute approximate surface area is 200 Å². The Bertz CT molecular complexity index is 750. The van der Waals surface area contributed by atoms with E-state index in [1.807, 2.05) is 18.4 Å². The Morgan fingerprint density at radius 3 is 2.55 bits per heavy atom. The molecule has 8 heteroatoms. The van der Waals surface area contributed by atoms with Crippen LogP contribution >= 0.6 is 46.7 Å². The molecule has 1 aliphatic heterocycles. The molecule has 1 aliphatic rings. The van der Waals surface area contributed by atoms with E-state index >= 15 is 0 Å². The number of aromatic nitrogens is 1. The number of guanidine groups is 1. The Morgan fingerprint density at radius 2 is 1.93 bits per heavy atom. The van der Waals surface area contributed by atoms with Gasteiger partial charge in [0.15, 0.2) is 5.96 Å². The summed E-state index contributed by atoms with van der Waals surface area (Å²) in [6.07, 6.45) is 4.62. The number of aliphatic imine (C=N–C) groups is 1. The topological polar surface area (TPSA) is 52.6 Å². The van der Waals surface area contributed by atoms with Crippen molar-refractivity contribution < 1.29 is 0 Å². The highest BCUT2D eigenvalue weighted by molar-refractivity contribution is 14.0. The van der Waals surface area contributed by atoms with Crippen LogP contribution in [0.4, 0.5) is 0 Å². The summed E-state index contributed by atoms with van der Waals surface area (Å²) >= 11 is 3.67. The fraction of sp³-hybridized carbons (Fsp3) is 0.619. The summed E-state index contributed by atoms with van der Waals surface area (Å²) in [6, 6.07) is 4.44. The lowest BCUT2D eigenvalue weighted by atomic mass is 9.97. The third-order valence-corrected chi connectivity index (χ3v) is 7.54. The minimum absolute atomic E-state index is 0. The van der Waals surface area contributed by atoms with Crippen LogP contribution in [0, 0.1) is 5.92 Å². The predicted octanol–water partition coefficient (Wildman–Crippen LogP) is 4.52. The number of hydrogen-bond acceptors (Lipinski definition) is 5. The van der Waals surface area contributed by atoms with Gasteiger partial charge in [0, 0.05) is 35.3 Å². The molecule has 2 aromatic rings. The summed E-state index contributed by atoms with van der Waals surface area (Å²) in [4.78, 5) is 14.4. The Morgan fingerprint density at radius 1 is 1.17 bits per heavy atom. The summed E-state index contributed by atoms with van der Waals surface area (Å²) in [5.41, 5.74) is 1.24. The van der Waals surface area contributed by atoms with E-state index in [1.165, 1.54) is 33.3 Å². The molecule has 5 nitrogen and oxygen atoms in total. The van der Waals surface area contributed by atoms with Gasteiger partial charge in [0.1, 0.15) is 0 Å². The second-order valence-electron chi connectivity index (χ2n) is 7.33. The first-order valence-electron chi connectivity index (χ1n) is 10.4. The van der Waals surface area contributed by atoms with Gasteiger partial charge in [0.05, 0.1) is 17.2 Å². The third-order valence-electron chi connectivity index (χ3n) is 5.27. The van der Waals surface area contributed by atoms with E-state index in [1.54, 1.807) is 11.3 Å². The smallest absolute Gasteiger partial charge is 0.191 e. The molecule has 1 fully saturated rings. The van der Waals surface area contributed by atoms with Crippen LogP contribution in [-0.2, 0) is 25.9 Å². The Kier molecular flexibility index (Phi) is 10.9. The van der Waals surface area contributed by atoms with Crippen molar-refractivity contribution in [2.24, 2.45) is 10.9 Å². The highest BCUT2D eigenvalue weighted by Crippen LogP contribution is 2.20. The van der Waals surface area contributed by atoms with Crippen LogP contribution in [0.5, 0.6) is 0 Å². The minimum Gasteiger partial charge on any atom is -0.356 e. The lowest BCUT2D eigenvalue weighted by molar-refractivity contribution is 0.176. The van der Waals surface area contributed by atoms with E-state index in [2.05, 4.69) is 51.9 Å². The zero-order valence-electron chi connectivity index (χ0n) is 17.7. The SMILES string of the molecule is CCc1ccc(CNC(=NC)NCC2CCN(Cc3csc(CC)n3)CC2)s1.I. The van der Waals surface area contributed by atoms with E-state index < -0.39 is 0 Å². The van der Waals surface area contributed by atoms with E-state index in [0.717, 1.165) is 51.5 Å². The van der Waals surface area contributed by atoms with Gasteiger partial charge >= 0.3 is 0 Å². The Hall–Kier alpha value is -0.710. The first-order chi connectivity index (χ1) is 13.7. The van der Waals surface area contributed by atoms with Crippen LogP contribution in [0.25, 0.3) is 0 Å². The molecular weight excluding hydrogens is 513 g/mol. The molecule has 1 saturated heterocycles. The number of thiophene rings is 1. The zero-order chi connectivity index (χ0) is 19.8. The van der Waals surface area contributed by atoms with Crippen molar-refractivity contribution in [1.29, 1.82) is 0 Å². The average molecular weight is 548 g/mol. The highest BCUT2D eigenvalue weighted by atomic mass is 127. The lowest BCUT2D eigenvalue weighted by Crippen LogP contribution is -2.42. The molecule has 0 unspecified atom stereocenters. The molecule has 29 heavy (non-hydrogen) atoms. The molecule has 2 N–H and O–H groups in total. The minimum atomic E-state index is 0. The van der Waals surface area contributed by atoms with Crippen molar-refractivity contribution in [3.05, 3.63) is 38.0 Å². The summed E-state index contributed by atoms with van der Waals surface area (Å²) in [6.45, 7) is 9.53. The quantitative estimate of drug-likeness (QED) is 0.290. The monoisotopic (exact) mass is 547 g/mol. The van der Waals surface area contributed by atoms with Crippen LogP contribution in [0.3, 0.4) is 0 Å². The van der Waals surface area contributed by atoms with Crippen molar-refractivity contribution >= 4 is 52.6 Å². The van der Waals surface area contributed by atoms with Gasteiger partial charge in [-0.05, 0) is 56.8 Å². The number of hydrogen-bond donors (Lipinski definition) is 2. The molecular formula is C21H34IN5S2. The number of nitrogens with one attached hydrogen (secondary N) is 2. The summed E-state index contributed by atoms with van der Waals surface area (Å²) in [7, 11) is 1.85. The number of piperidine rings is 1. The van der Waals surface area contributed by atoms with E-state index in [0.29, 0.717) is 5.92 Å². The maximum atomic E-state index is 4.71. The maximum absolute atomic E-state index is 4.71. The van der Waals surface area contributed by atoms with Crippen molar-refractivity contribution in [3.8, 4) is 0 Å². The molecule has 0 atom stereocenters. The third kappa shape index (κ3) is 7.80. The first kappa shape index (κ1) is 24.6. The fourth-order valence-corrected chi connectivity index (χ4v) is 5.14. The van der Waals surface area contributed by atoms with E-state index in [-0.39, 0.29) is 24.0 Å². The van der Waals surface area contributed by atoms with Gasteiger partial charge in [-0.3, -0.25) is 9.89 Å². The number of nitrogens with zero attached hydrogens (tertiary/aromatic N) is 3. The Balaban J connectivity index is 0.00000300. The molecule has 2 aromatic heterocycles. The number of thiazole rings is 1. The van der Waals surface area contributed by atoms with Gasteiger partial charge in [-0.15, -0.1) is 46.7 Å². The van der Waals surface area contributed by atoms with Gasteiger partial charge in [-0.1, -0.05) is 13.8 Å². The summed E-state index contributed by atoms with van der Waals surface area (Å²) in [5, 5.41) is 10.4. The van der Waals surface area contributed by atoms with Gasteiger partial charge in [0.2, 0.25) is 0 Å². The second kappa shape index (κ2) is 12.9. The van der Waals surface area contributed by atoms with Crippen LogP contribution in [-0.4, -0.2) is 42.5 Å². The molecule has 0 spiro atoms. The predicted molar refractivity (Wildman–Crippen MR) is 137 cm³/mol. The van der Waals surface area contributed by atoms with Crippen molar-refractivity contribution in [3.63, 3.8) is 0 Å². The molecule has 0 radical (unpaired) electrons. The average Bonchev–Trinajstić information content (AvgIpc) is 3.38. The standard InChI is InChI=1S/C21H33N5S2.HI/c1-4-18-6-7-19(28-18)13-24-21(22-3)23-12-16-8-10-26(11-9-16)14-17-15-27-20(5-2)25-17;/h6-7,15-16H,4-5,8-14H2,1-3H3,(H2,22,23,24);1H. The maximum Gasteiger partial charge on any atom is 0.191 e. The van der Waals surface area contributed by atoms with Crippen LogP contribution in [0.2, 0.25) is 0 Å². The molecule has 162 valence electrons. The van der Waals surface area contributed by atoms with Gasteiger partial charge < -0.3 is 10.6 Å².